The third-order valence-corrected chi connectivity index (χ3v) is 4.18. The van der Waals surface area contributed by atoms with Gasteiger partial charge in [-0.15, -0.1) is 0 Å². The molecule has 3 rings (SSSR count). The van der Waals surface area contributed by atoms with Gasteiger partial charge in [-0.3, -0.25) is 4.79 Å². The lowest BCUT2D eigenvalue weighted by Crippen LogP contribution is -2.29. The molecular weight excluding hydrogens is 298 g/mol. The second-order valence-electron chi connectivity index (χ2n) is 5.65. The van der Waals surface area contributed by atoms with Crippen LogP contribution in [0.1, 0.15) is 24.8 Å². The van der Waals surface area contributed by atoms with Crippen molar-refractivity contribution in [1.82, 2.24) is 9.55 Å². The Bertz CT molecular complexity index is 707. The number of anilines is 1. The zero-order chi connectivity index (χ0) is 16.4. The molecule has 2 aromatic rings. The quantitative estimate of drug-likeness (QED) is 0.764. The molecule has 0 amide bonds. The number of aliphatic hydroxyl groups excluding tert-OH is 2. The van der Waals surface area contributed by atoms with Crippen molar-refractivity contribution in [1.29, 1.82) is 0 Å². The molecule has 124 valence electrons. The average Bonchev–Trinajstić information content (AvgIpc) is 3.10. The molecule has 1 fully saturated rings. The Hall–Kier alpha value is -2.12. The maximum atomic E-state index is 11.3. The molecule has 23 heavy (non-hydrogen) atoms. The Morgan fingerprint density at radius 2 is 2.09 bits per heavy atom. The Morgan fingerprint density at radius 3 is 2.70 bits per heavy atom. The van der Waals surface area contributed by atoms with Gasteiger partial charge in [0.2, 0.25) is 0 Å². The molecule has 1 aromatic carbocycles. The van der Waals surface area contributed by atoms with E-state index >= 15 is 0 Å². The minimum absolute atomic E-state index is 0.0174. The number of carbonyl (C=O) groups is 1. The third kappa shape index (κ3) is 3.02. The number of nitrogens with zero attached hydrogens (tertiary/aromatic N) is 3. The van der Waals surface area contributed by atoms with E-state index in [0.29, 0.717) is 25.9 Å². The van der Waals surface area contributed by atoms with E-state index in [4.69, 9.17) is 14.9 Å². The number of hydrogen-bond donors (Lipinski definition) is 2. The number of imidazole rings is 1. The van der Waals surface area contributed by atoms with Crippen molar-refractivity contribution in [3.05, 3.63) is 24.0 Å². The summed E-state index contributed by atoms with van der Waals surface area (Å²) in [5.41, 5.74) is 2.66. The Morgan fingerprint density at radius 1 is 1.35 bits per heavy atom. The number of aryl methyl sites for hydroxylation is 1. The summed E-state index contributed by atoms with van der Waals surface area (Å²) in [6.07, 6.45) is 0.804. The van der Waals surface area contributed by atoms with E-state index in [9.17, 15) is 4.79 Å². The number of benzene rings is 1. The van der Waals surface area contributed by atoms with Crippen molar-refractivity contribution in [2.45, 2.75) is 18.9 Å². The van der Waals surface area contributed by atoms with Gasteiger partial charge in [0.15, 0.2) is 11.9 Å². The predicted molar refractivity (Wildman–Crippen MR) is 85.2 cm³/mol. The predicted octanol–water partition coefficient (Wildman–Crippen LogP) is 0.742. The second kappa shape index (κ2) is 6.55. The van der Waals surface area contributed by atoms with Gasteiger partial charge in [-0.05, 0) is 18.2 Å². The number of rotatable bonds is 6. The molecule has 1 aliphatic rings. The summed E-state index contributed by atoms with van der Waals surface area (Å²) < 4.78 is 7.26. The average molecular weight is 319 g/mol. The molecule has 7 heteroatoms. The lowest BCUT2D eigenvalue weighted by Gasteiger charge is -2.22. The molecule has 1 aliphatic heterocycles. The smallest absolute Gasteiger partial charge is 0.306 e. The number of aliphatic hydroxyl groups is 2. The van der Waals surface area contributed by atoms with Crippen LogP contribution in [0.5, 0.6) is 0 Å². The van der Waals surface area contributed by atoms with Crippen molar-refractivity contribution >= 4 is 22.7 Å². The number of hydrogen-bond acceptors (Lipinski definition) is 6. The fraction of sp³-hybridized carbons (Fsp3) is 0.500. The lowest BCUT2D eigenvalue weighted by molar-refractivity contribution is -0.141. The molecule has 0 saturated carbocycles. The van der Waals surface area contributed by atoms with Gasteiger partial charge in [-0.2, -0.15) is 0 Å². The lowest BCUT2D eigenvalue weighted by atomic mass is 10.2. The van der Waals surface area contributed by atoms with Crippen LogP contribution in [0.2, 0.25) is 0 Å². The van der Waals surface area contributed by atoms with Crippen LogP contribution in [0.4, 0.5) is 5.69 Å². The molecule has 2 N–H and O–H groups in total. The first-order chi connectivity index (χ1) is 11.1. The summed E-state index contributed by atoms with van der Waals surface area (Å²) in [5.74, 6) is 0.568. The molecule has 0 radical (unpaired) electrons. The van der Waals surface area contributed by atoms with Gasteiger partial charge >= 0.3 is 5.97 Å². The van der Waals surface area contributed by atoms with Crippen molar-refractivity contribution < 1.29 is 19.7 Å². The van der Waals surface area contributed by atoms with Gasteiger partial charge in [0.25, 0.3) is 0 Å². The molecule has 0 bridgehead atoms. The van der Waals surface area contributed by atoms with Crippen molar-refractivity contribution in [2.75, 3.05) is 31.2 Å². The number of esters is 1. The summed E-state index contributed by atoms with van der Waals surface area (Å²) in [5, 5.41) is 18.3. The Balaban J connectivity index is 1.95. The van der Waals surface area contributed by atoms with Gasteiger partial charge in [-0.1, -0.05) is 0 Å². The molecule has 0 spiro atoms. The van der Waals surface area contributed by atoms with Crippen LogP contribution in [-0.4, -0.2) is 52.0 Å². The number of ether oxygens (including phenoxy) is 1. The fourth-order valence-electron chi connectivity index (χ4n) is 3.01. The van der Waals surface area contributed by atoms with Crippen molar-refractivity contribution in [3.8, 4) is 0 Å². The Kier molecular flexibility index (Phi) is 4.49. The summed E-state index contributed by atoms with van der Waals surface area (Å²) >= 11 is 0. The van der Waals surface area contributed by atoms with Gasteiger partial charge in [0, 0.05) is 38.7 Å². The van der Waals surface area contributed by atoms with Crippen LogP contribution >= 0.6 is 0 Å². The second-order valence-corrected chi connectivity index (χ2v) is 5.65. The zero-order valence-electron chi connectivity index (χ0n) is 13.1. The summed E-state index contributed by atoms with van der Waals surface area (Å²) in [7, 11) is 1.91. The summed E-state index contributed by atoms with van der Waals surface area (Å²) in [6.45, 7) is 0.936. The van der Waals surface area contributed by atoms with Crippen LogP contribution in [-0.2, 0) is 16.6 Å². The van der Waals surface area contributed by atoms with E-state index < -0.39 is 0 Å². The zero-order valence-corrected chi connectivity index (χ0v) is 13.1. The summed E-state index contributed by atoms with van der Waals surface area (Å²) in [6, 6.07) is 5.83. The Labute approximate surface area is 134 Å². The van der Waals surface area contributed by atoms with Crippen LogP contribution in [0.15, 0.2) is 18.2 Å². The molecule has 1 unspecified atom stereocenters. The van der Waals surface area contributed by atoms with E-state index in [1.54, 1.807) is 0 Å². The van der Waals surface area contributed by atoms with E-state index in [0.717, 1.165) is 22.5 Å². The molecular formula is C16H21N3O4. The van der Waals surface area contributed by atoms with Crippen LogP contribution < -0.4 is 4.90 Å². The van der Waals surface area contributed by atoms with Crippen LogP contribution in [0.3, 0.4) is 0 Å². The topological polar surface area (TPSA) is 87.8 Å². The van der Waals surface area contributed by atoms with Crippen molar-refractivity contribution in [3.63, 3.8) is 0 Å². The van der Waals surface area contributed by atoms with Gasteiger partial charge in [0.1, 0.15) is 0 Å². The highest BCUT2D eigenvalue weighted by Gasteiger charge is 2.29. The highest BCUT2D eigenvalue weighted by molar-refractivity contribution is 5.81. The normalized spacial score (nSPS) is 17.7. The van der Waals surface area contributed by atoms with E-state index in [1.165, 1.54) is 0 Å². The minimum Gasteiger partial charge on any atom is -0.454 e. The van der Waals surface area contributed by atoms with Gasteiger partial charge in [-0.25, -0.2) is 4.98 Å². The number of fused-ring (bicyclic) bond motifs is 1. The van der Waals surface area contributed by atoms with Gasteiger partial charge < -0.3 is 24.4 Å². The molecule has 0 aliphatic carbocycles. The van der Waals surface area contributed by atoms with E-state index in [-0.39, 0.29) is 25.3 Å². The monoisotopic (exact) mass is 319 g/mol. The van der Waals surface area contributed by atoms with E-state index in [2.05, 4.69) is 4.98 Å². The highest BCUT2D eigenvalue weighted by atomic mass is 16.5. The molecule has 1 aromatic heterocycles. The molecule has 1 saturated heterocycles. The number of cyclic esters (lactones) is 1. The van der Waals surface area contributed by atoms with Gasteiger partial charge in [0.05, 0.1) is 24.2 Å². The number of carbonyl (C=O) groups excluding carboxylic acids is 1. The number of aromatic nitrogens is 2. The van der Waals surface area contributed by atoms with E-state index in [1.807, 2.05) is 34.7 Å². The molecule has 2 heterocycles. The SMILES string of the molecule is Cn1c(C2CCC(=O)O2)nc2cc(N(CCO)CCO)ccc21. The first kappa shape index (κ1) is 15.8. The van der Waals surface area contributed by atoms with Crippen LogP contribution in [0, 0.1) is 0 Å². The molecule has 7 nitrogen and oxygen atoms in total. The summed E-state index contributed by atoms with van der Waals surface area (Å²) in [4.78, 5) is 17.9. The highest BCUT2D eigenvalue weighted by Crippen LogP contribution is 2.31. The maximum absolute atomic E-state index is 11.3. The maximum Gasteiger partial charge on any atom is 0.306 e. The van der Waals surface area contributed by atoms with Crippen molar-refractivity contribution in [2.24, 2.45) is 7.05 Å². The standard InChI is InChI=1S/C16H21N3O4/c1-18-13-3-2-11(19(6-8-20)7-9-21)10-12(13)17-16(18)14-4-5-15(22)23-14/h2-3,10,14,20-21H,4-9H2,1H3. The first-order valence-corrected chi connectivity index (χ1v) is 7.76. The van der Waals surface area contributed by atoms with Crippen LogP contribution in [0.25, 0.3) is 11.0 Å². The third-order valence-electron chi connectivity index (χ3n) is 4.18. The first-order valence-electron chi connectivity index (χ1n) is 7.76. The minimum atomic E-state index is -0.283. The largest absolute Gasteiger partial charge is 0.454 e. The fourth-order valence-corrected chi connectivity index (χ4v) is 3.01. The molecule has 1 atom stereocenters.